The predicted molar refractivity (Wildman–Crippen MR) is 165 cm³/mol. The van der Waals surface area contributed by atoms with E-state index in [4.69, 9.17) is 14.5 Å². The van der Waals surface area contributed by atoms with E-state index in [-0.39, 0.29) is 24.2 Å². The third-order valence-electron chi connectivity index (χ3n) is 9.50. The van der Waals surface area contributed by atoms with Gasteiger partial charge in [-0.15, -0.1) is 0 Å². The van der Waals surface area contributed by atoms with E-state index in [0.29, 0.717) is 12.5 Å². The van der Waals surface area contributed by atoms with Gasteiger partial charge in [-0.3, -0.25) is 4.90 Å². The van der Waals surface area contributed by atoms with Crippen LogP contribution in [-0.2, 0) is 16.1 Å². The number of hydrogen-bond donors (Lipinski definition) is 0. The number of anilines is 1. The summed E-state index contributed by atoms with van der Waals surface area (Å²) in [5, 5.41) is 0. The van der Waals surface area contributed by atoms with Gasteiger partial charge in [-0.25, -0.2) is 9.78 Å². The summed E-state index contributed by atoms with van der Waals surface area (Å²) < 4.78 is 11.8. The van der Waals surface area contributed by atoms with Crippen molar-refractivity contribution in [2.75, 3.05) is 25.1 Å². The first-order valence-electron chi connectivity index (χ1n) is 15.3. The van der Waals surface area contributed by atoms with Crippen LogP contribution >= 0.6 is 0 Å². The lowest BCUT2D eigenvalue weighted by molar-refractivity contribution is -0.111. The molecule has 0 N–H and O–H groups in total. The molecule has 4 aliphatic rings. The van der Waals surface area contributed by atoms with Crippen molar-refractivity contribution >= 4 is 18.2 Å². The van der Waals surface area contributed by atoms with Crippen molar-refractivity contribution in [3.8, 4) is 16.9 Å². The summed E-state index contributed by atoms with van der Waals surface area (Å²) >= 11 is 0. The van der Waals surface area contributed by atoms with E-state index < -0.39 is 0 Å². The molecule has 0 spiro atoms. The molecule has 1 saturated carbocycles. The predicted octanol–water partition coefficient (Wildman–Crippen LogP) is 6.98. The number of amides is 1. The number of carbonyl (C=O) groups excluding carboxylic acids is 2. The van der Waals surface area contributed by atoms with E-state index in [9.17, 15) is 9.59 Å². The maximum atomic E-state index is 13.3. The largest absolute Gasteiger partial charge is 0.496 e. The lowest BCUT2D eigenvalue weighted by Crippen LogP contribution is -2.38. The molecular formula is C35H41N3O4. The summed E-state index contributed by atoms with van der Waals surface area (Å²) in [6, 6.07) is 10.5. The number of cyclic esters (lactones) is 1. The van der Waals surface area contributed by atoms with Gasteiger partial charge in [0.05, 0.1) is 25.4 Å². The second-order valence-electron chi connectivity index (χ2n) is 12.1. The SMILES string of the molecule is COc1ccc([C@H]2CC[C@H](C=O)CC2)cc1-c1ccc(N2CCC2)nc1CN1C(=O)O[C@H](C2=CC=CC(C)=CC2)[C@@H]1C. The Kier molecular flexibility index (Phi) is 8.18. The molecule has 6 rings (SSSR count). The second-order valence-corrected chi connectivity index (χ2v) is 12.1. The molecule has 0 unspecified atom stereocenters. The number of aldehydes is 1. The summed E-state index contributed by atoms with van der Waals surface area (Å²) in [4.78, 5) is 33.9. The molecule has 2 aromatic rings. The summed E-state index contributed by atoms with van der Waals surface area (Å²) in [7, 11) is 1.70. The van der Waals surface area contributed by atoms with Gasteiger partial charge in [0.1, 0.15) is 24.0 Å². The Labute approximate surface area is 248 Å². The zero-order valence-corrected chi connectivity index (χ0v) is 24.9. The zero-order chi connectivity index (χ0) is 29.2. The van der Waals surface area contributed by atoms with Crippen LogP contribution in [0.5, 0.6) is 5.75 Å². The highest BCUT2D eigenvalue weighted by atomic mass is 16.6. The highest BCUT2D eigenvalue weighted by Crippen LogP contribution is 2.41. The first-order chi connectivity index (χ1) is 20.4. The molecule has 0 bridgehead atoms. The van der Waals surface area contributed by atoms with Crippen molar-refractivity contribution < 1.29 is 19.1 Å². The monoisotopic (exact) mass is 567 g/mol. The molecule has 0 radical (unpaired) electrons. The van der Waals surface area contributed by atoms with Gasteiger partial charge in [0.2, 0.25) is 0 Å². The molecule has 1 aromatic heterocycles. The van der Waals surface area contributed by atoms with Crippen LogP contribution in [0.4, 0.5) is 10.6 Å². The van der Waals surface area contributed by atoms with Crippen LogP contribution in [0.1, 0.15) is 69.5 Å². The normalized spacial score (nSPS) is 25.7. The Morgan fingerprint density at radius 1 is 1.10 bits per heavy atom. The van der Waals surface area contributed by atoms with Gasteiger partial charge < -0.3 is 19.2 Å². The van der Waals surface area contributed by atoms with Crippen molar-refractivity contribution in [3.05, 3.63) is 77.0 Å². The number of nitrogens with zero attached hydrogens (tertiary/aromatic N) is 3. The van der Waals surface area contributed by atoms with Gasteiger partial charge in [-0.1, -0.05) is 35.9 Å². The van der Waals surface area contributed by atoms with Crippen LogP contribution in [0.25, 0.3) is 11.1 Å². The molecule has 1 aromatic carbocycles. The molecule has 220 valence electrons. The maximum absolute atomic E-state index is 13.3. The molecule has 2 aliphatic carbocycles. The summed E-state index contributed by atoms with van der Waals surface area (Å²) in [5.41, 5.74) is 6.37. The highest BCUT2D eigenvalue weighted by Gasteiger charge is 2.41. The zero-order valence-electron chi connectivity index (χ0n) is 24.9. The Morgan fingerprint density at radius 3 is 2.62 bits per heavy atom. The number of aromatic nitrogens is 1. The third-order valence-corrected chi connectivity index (χ3v) is 9.50. The Hall–Kier alpha value is -3.87. The smallest absolute Gasteiger partial charge is 0.411 e. The van der Waals surface area contributed by atoms with Crippen molar-refractivity contribution in [1.29, 1.82) is 0 Å². The topological polar surface area (TPSA) is 72.0 Å². The Morgan fingerprint density at radius 2 is 1.90 bits per heavy atom. The van der Waals surface area contributed by atoms with E-state index in [0.717, 1.165) is 91.9 Å². The number of carbonyl (C=O) groups is 2. The fourth-order valence-corrected chi connectivity index (χ4v) is 6.66. The summed E-state index contributed by atoms with van der Waals surface area (Å²) in [6.07, 6.45) is 14.7. The number of methoxy groups -OCH3 is 1. The maximum Gasteiger partial charge on any atom is 0.411 e. The minimum absolute atomic E-state index is 0.132. The van der Waals surface area contributed by atoms with Gasteiger partial charge in [-0.05, 0) is 93.7 Å². The van der Waals surface area contributed by atoms with Crippen LogP contribution in [0.3, 0.4) is 0 Å². The van der Waals surface area contributed by atoms with Crippen molar-refractivity contribution in [2.24, 2.45) is 5.92 Å². The van der Waals surface area contributed by atoms with E-state index in [1.807, 2.05) is 17.0 Å². The van der Waals surface area contributed by atoms with Crippen molar-refractivity contribution in [1.82, 2.24) is 9.88 Å². The van der Waals surface area contributed by atoms with E-state index in [2.05, 4.69) is 61.2 Å². The summed E-state index contributed by atoms with van der Waals surface area (Å²) in [6.45, 7) is 6.49. The van der Waals surface area contributed by atoms with Crippen LogP contribution in [0.15, 0.2) is 65.8 Å². The molecular weight excluding hydrogens is 526 g/mol. The number of rotatable bonds is 8. The van der Waals surface area contributed by atoms with Crippen LogP contribution in [0.2, 0.25) is 0 Å². The van der Waals surface area contributed by atoms with Gasteiger partial charge in [0.25, 0.3) is 0 Å². The first-order valence-corrected chi connectivity index (χ1v) is 15.3. The molecule has 2 saturated heterocycles. The first kappa shape index (κ1) is 28.3. The third kappa shape index (κ3) is 5.61. The fourth-order valence-electron chi connectivity index (χ4n) is 6.66. The van der Waals surface area contributed by atoms with Gasteiger partial charge in [0.15, 0.2) is 0 Å². The minimum Gasteiger partial charge on any atom is -0.496 e. The lowest BCUT2D eigenvalue weighted by atomic mass is 9.78. The molecule has 7 heteroatoms. The Bertz CT molecular complexity index is 1430. The minimum atomic E-state index is -0.308. The molecule has 2 aliphatic heterocycles. The molecule has 2 atom stereocenters. The molecule has 7 nitrogen and oxygen atoms in total. The van der Waals surface area contributed by atoms with Crippen LogP contribution in [0, 0.1) is 5.92 Å². The van der Waals surface area contributed by atoms with Crippen molar-refractivity contribution in [2.45, 2.75) is 77.0 Å². The van der Waals surface area contributed by atoms with E-state index in [1.165, 1.54) is 11.1 Å². The van der Waals surface area contributed by atoms with Gasteiger partial charge in [-0.2, -0.15) is 0 Å². The quantitative estimate of drug-likeness (QED) is 0.321. The van der Waals surface area contributed by atoms with Crippen molar-refractivity contribution in [3.63, 3.8) is 0 Å². The number of pyridine rings is 1. The number of allylic oxidation sites excluding steroid dienone is 5. The van der Waals surface area contributed by atoms with Crippen LogP contribution < -0.4 is 9.64 Å². The second kappa shape index (κ2) is 12.2. The van der Waals surface area contributed by atoms with Crippen LogP contribution in [-0.4, -0.2) is 54.6 Å². The van der Waals surface area contributed by atoms with Gasteiger partial charge in [0, 0.05) is 30.1 Å². The molecule has 42 heavy (non-hydrogen) atoms. The molecule has 1 amide bonds. The number of benzene rings is 1. The molecule has 3 fully saturated rings. The number of ether oxygens (including phenoxy) is 2. The van der Waals surface area contributed by atoms with E-state index in [1.54, 1.807) is 7.11 Å². The number of hydrogen-bond acceptors (Lipinski definition) is 6. The van der Waals surface area contributed by atoms with E-state index >= 15 is 0 Å². The average molecular weight is 568 g/mol. The summed E-state index contributed by atoms with van der Waals surface area (Å²) in [5.74, 6) is 2.32. The molecule has 3 heterocycles. The van der Waals surface area contributed by atoms with Gasteiger partial charge >= 0.3 is 6.09 Å². The highest BCUT2D eigenvalue weighted by molar-refractivity contribution is 5.76. The average Bonchev–Trinajstić information content (AvgIpc) is 3.11. The Balaban J connectivity index is 1.33. The lowest BCUT2D eigenvalue weighted by Gasteiger charge is -2.33. The fraction of sp³-hybridized carbons (Fsp3) is 0.457. The standard InChI is InChI=1S/C35H41N3O4/c1-23-6-4-7-27(11-8-23)34-24(2)38(35(40)42-34)21-31-29(15-17-33(36-31)37-18-5-19-37)30-20-28(14-16-32(30)41-3)26-12-9-25(22-39)10-13-26/h4,6-8,14-17,20,22,24-26,34H,5,9-13,18-19,21H2,1-3H3/t24-,25-,26-,34-/m0/s1.